The maximum Gasteiger partial charge on any atom is 0.147 e. The third-order valence-corrected chi connectivity index (χ3v) is 3.03. The molecular formula is C8H18N2O2S2. The van der Waals surface area contributed by atoms with E-state index in [0.29, 0.717) is 17.8 Å². The van der Waals surface area contributed by atoms with Gasteiger partial charge in [-0.1, -0.05) is 12.2 Å². The van der Waals surface area contributed by atoms with Crippen molar-refractivity contribution in [2.24, 2.45) is 5.73 Å². The molecule has 6 heteroatoms. The molecule has 2 N–H and O–H groups in total. The highest BCUT2D eigenvalue weighted by molar-refractivity contribution is 7.90. The summed E-state index contributed by atoms with van der Waals surface area (Å²) in [4.78, 5) is 2.53. The van der Waals surface area contributed by atoms with E-state index in [4.69, 9.17) is 18.0 Å². The zero-order chi connectivity index (χ0) is 11.2. The fourth-order valence-electron chi connectivity index (χ4n) is 1.01. The van der Waals surface area contributed by atoms with Crippen molar-refractivity contribution in [2.45, 2.75) is 12.8 Å². The highest BCUT2D eigenvalue weighted by Gasteiger charge is 2.04. The molecule has 0 aliphatic carbocycles. The molecule has 0 bridgehead atoms. The van der Waals surface area contributed by atoms with Gasteiger partial charge in [0.15, 0.2) is 0 Å². The topological polar surface area (TPSA) is 63.4 Å². The van der Waals surface area contributed by atoms with E-state index in [1.54, 1.807) is 0 Å². The second-order valence-corrected chi connectivity index (χ2v) is 6.29. The lowest BCUT2D eigenvalue weighted by Crippen LogP contribution is -2.25. The number of nitrogens with two attached hydrogens (primary N) is 1. The van der Waals surface area contributed by atoms with Crippen LogP contribution in [0.15, 0.2) is 0 Å². The molecule has 0 radical (unpaired) electrons. The quantitative estimate of drug-likeness (QED) is 0.634. The van der Waals surface area contributed by atoms with Crippen molar-refractivity contribution < 1.29 is 8.42 Å². The van der Waals surface area contributed by atoms with Gasteiger partial charge in [-0.3, -0.25) is 0 Å². The van der Waals surface area contributed by atoms with Gasteiger partial charge in [0, 0.05) is 19.2 Å². The average Bonchev–Trinajstić information content (AvgIpc) is 1.98. The van der Waals surface area contributed by atoms with Crippen molar-refractivity contribution in [3.63, 3.8) is 0 Å². The van der Waals surface area contributed by atoms with Gasteiger partial charge in [0.05, 0.1) is 10.7 Å². The largest absolute Gasteiger partial charge is 0.393 e. The Labute approximate surface area is 91.4 Å². The van der Waals surface area contributed by atoms with Crippen LogP contribution in [0.3, 0.4) is 0 Å². The van der Waals surface area contributed by atoms with Crippen LogP contribution in [0, 0.1) is 0 Å². The van der Waals surface area contributed by atoms with E-state index in [0.717, 1.165) is 13.1 Å². The highest BCUT2D eigenvalue weighted by Crippen LogP contribution is 1.94. The fraction of sp³-hybridized carbons (Fsp3) is 0.875. The van der Waals surface area contributed by atoms with Crippen molar-refractivity contribution in [1.82, 2.24) is 4.90 Å². The molecule has 0 aromatic rings. The Morgan fingerprint density at radius 2 is 2.00 bits per heavy atom. The summed E-state index contributed by atoms with van der Waals surface area (Å²) in [6.07, 6.45) is 2.60. The van der Waals surface area contributed by atoms with Crippen LogP contribution in [0.4, 0.5) is 0 Å². The molecule has 14 heavy (non-hydrogen) atoms. The highest BCUT2D eigenvalue weighted by atomic mass is 32.2. The number of rotatable bonds is 7. The molecule has 0 spiro atoms. The average molecular weight is 238 g/mol. The van der Waals surface area contributed by atoms with Gasteiger partial charge in [-0.2, -0.15) is 0 Å². The van der Waals surface area contributed by atoms with Gasteiger partial charge in [-0.25, -0.2) is 8.42 Å². The summed E-state index contributed by atoms with van der Waals surface area (Å²) in [5.41, 5.74) is 5.35. The Morgan fingerprint density at radius 3 is 2.43 bits per heavy atom. The predicted molar refractivity (Wildman–Crippen MR) is 63.2 cm³/mol. The monoisotopic (exact) mass is 238 g/mol. The minimum atomic E-state index is -2.83. The summed E-state index contributed by atoms with van der Waals surface area (Å²) in [5, 5.41) is 0. The number of thiocarbonyl (C=S) groups is 1. The van der Waals surface area contributed by atoms with Gasteiger partial charge in [0.1, 0.15) is 9.84 Å². The van der Waals surface area contributed by atoms with Gasteiger partial charge in [-0.05, 0) is 20.0 Å². The van der Waals surface area contributed by atoms with E-state index < -0.39 is 9.84 Å². The van der Waals surface area contributed by atoms with E-state index in [-0.39, 0.29) is 5.75 Å². The predicted octanol–water partition coefficient (Wildman–Crippen LogP) is 0.0291. The number of sulfone groups is 1. The van der Waals surface area contributed by atoms with Gasteiger partial charge < -0.3 is 10.6 Å². The first-order valence-electron chi connectivity index (χ1n) is 4.46. The second-order valence-electron chi connectivity index (χ2n) is 3.50. The maximum atomic E-state index is 10.8. The van der Waals surface area contributed by atoms with Crippen LogP contribution >= 0.6 is 12.2 Å². The lowest BCUT2D eigenvalue weighted by molar-refractivity contribution is 0.345. The summed E-state index contributed by atoms with van der Waals surface area (Å²) in [6, 6.07) is 0. The maximum absolute atomic E-state index is 10.8. The first-order valence-corrected chi connectivity index (χ1v) is 6.93. The summed E-state index contributed by atoms with van der Waals surface area (Å²) in [7, 11) is -0.897. The summed E-state index contributed by atoms with van der Waals surface area (Å²) in [5.74, 6) is 0.240. The minimum absolute atomic E-state index is 0.240. The standard InChI is InChI=1S/C8H18N2O2S2/c1-10(6-4-8(9)13)5-3-7-14(2,11)12/h3-7H2,1-2H3,(H2,9,13). The molecule has 0 aliphatic rings. The molecule has 4 nitrogen and oxygen atoms in total. The summed E-state index contributed by atoms with van der Waals surface area (Å²) < 4.78 is 21.6. The van der Waals surface area contributed by atoms with Crippen LogP contribution in [0.1, 0.15) is 12.8 Å². The number of hydrogen-bond acceptors (Lipinski definition) is 4. The second kappa shape index (κ2) is 6.31. The first kappa shape index (κ1) is 13.8. The van der Waals surface area contributed by atoms with Crippen LogP contribution in [0.2, 0.25) is 0 Å². The van der Waals surface area contributed by atoms with E-state index >= 15 is 0 Å². The van der Waals surface area contributed by atoms with Gasteiger partial charge in [0.2, 0.25) is 0 Å². The smallest absolute Gasteiger partial charge is 0.147 e. The molecule has 0 fully saturated rings. The van der Waals surface area contributed by atoms with Gasteiger partial charge in [0.25, 0.3) is 0 Å². The van der Waals surface area contributed by atoms with E-state index in [2.05, 4.69) is 0 Å². The summed E-state index contributed by atoms with van der Waals surface area (Å²) >= 11 is 4.74. The third kappa shape index (κ3) is 9.88. The van der Waals surface area contributed by atoms with E-state index in [1.165, 1.54) is 6.26 Å². The molecular weight excluding hydrogens is 220 g/mol. The molecule has 0 rings (SSSR count). The van der Waals surface area contributed by atoms with Crippen LogP contribution in [0.25, 0.3) is 0 Å². The number of nitrogens with zero attached hydrogens (tertiary/aromatic N) is 1. The first-order chi connectivity index (χ1) is 6.31. The number of hydrogen-bond donors (Lipinski definition) is 1. The Morgan fingerprint density at radius 1 is 1.43 bits per heavy atom. The Kier molecular flexibility index (Phi) is 6.22. The van der Waals surface area contributed by atoms with E-state index in [9.17, 15) is 8.42 Å². The molecule has 0 amide bonds. The van der Waals surface area contributed by atoms with Crippen LogP contribution in [-0.4, -0.2) is 50.5 Å². The van der Waals surface area contributed by atoms with Crippen molar-refractivity contribution in [3.05, 3.63) is 0 Å². The molecule has 0 saturated carbocycles. The molecule has 0 aromatic heterocycles. The van der Waals surface area contributed by atoms with Crippen LogP contribution in [-0.2, 0) is 9.84 Å². The van der Waals surface area contributed by atoms with Crippen molar-refractivity contribution >= 4 is 27.0 Å². The lowest BCUT2D eigenvalue weighted by Gasteiger charge is -2.15. The molecule has 0 unspecified atom stereocenters. The van der Waals surface area contributed by atoms with Gasteiger partial charge in [-0.15, -0.1) is 0 Å². The minimum Gasteiger partial charge on any atom is -0.393 e. The zero-order valence-electron chi connectivity index (χ0n) is 8.69. The van der Waals surface area contributed by atoms with Crippen LogP contribution in [0.5, 0.6) is 0 Å². The Balaban J connectivity index is 3.54. The Hall–Kier alpha value is -0.200. The third-order valence-electron chi connectivity index (χ3n) is 1.79. The van der Waals surface area contributed by atoms with Crippen molar-refractivity contribution in [3.8, 4) is 0 Å². The van der Waals surface area contributed by atoms with Gasteiger partial charge >= 0.3 is 0 Å². The summed E-state index contributed by atoms with van der Waals surface area (Å²) in [6.45, 7) is 1.55. The SMILES string of the molecule is CN(CCCS(C)(=O)=O)CCC(N)=S. The van der Waals surface area contributed by atoms with Crippen molar-refractivity contribution in [2.75, 3.05) is 32.1 Å². The molecule has 0 aliphatic heterocycles. The molecule has 0 saturated heterocycles. The molecule has 0 heterocycles. The van der Waals surface area contributed by atoms with Crippen LogP contribution < -0.4 is 5.73 Å². The molecule has 0 atom stereocenters. The molecule has 84 valence electrons. The normalized spacial score (nSPS) is 11.9. The fourth-order valence-corrected chi connectivity index (χ4v) is 1.75. The zero-order valence-corrected chi connectivity index (χ0v) is 10.3. The van der Waals surface area contributed by atoms with Crippen molar-refractivity contribution in [1.29, 1.82) is 0 Å². The molecule has 0 aromatic carbocycles. The lowest BCUT2D eigenvalue weighted by atomic mass is 10.3. The van der Waals surface area contributed by atoms with E-state index in [1.807, 2.05) is 11.9 Å². The Bertz CT molecular complexity index is 275.